The van der Waals surface area contributed by atoms with Gasteiger partial charge in [0.1, 0.15) is 5.52 Å². The summed E-state index contributed by atoms with van der Waals surface area (Å²) in [5.74, 6) is 2.38. The molecule has 0 unspecified atom stereocenters. The predicted molar refractivity (Wildman–Crippen MR) is 182 cm³/mol. The first kappa shape index (κ1) is 25.3. The highest BCUT2D eigenvalue weighted by Gasteiger charge is 2.20. The van der Waals surface area contributed by atoms with Gasteiger partial charge in [-0.15, -0.1) is 0 Å². The molecule has 0 aliphatic rings. The Bertz CT molecular complexity index is 2540. The monoisotopic (exact) mass is 576 g/mol. The maximum atomic E-state index is 6.48. The predicted octanol–water partition coefficient (Wildman–Crippen LogP) is 10.1. The summed E-state index contributed by atoms with van der Waals surface area (Å²) in [5.41, 5.74) is 5.16. The number of rotatable bonds is 4. The third-order valence-corrected chi connectivity index (χ3v) is 8.34. The molecule has 0 aliphatic heterocycles. The molecular weight excluding hydrogens is 552 g/mol. The van der Waals surface area contributed by atoms with E-state index < -0.39 is 0 Å². The molecule has 210 valence electrons. The van der Waals surface area contributed by atoms with E-state index in [1.165, 1.54) is 5.39 Å². The second-order valence-electron chi connectivity index (χ2n) is 11.1. The van der Waals surface area contributed by atoms with Crippen molar-refractivity contribution in [2.45, 2.75) is 0 Å². The van der Waals surface area contributed by atoms with E-state index in [-0.39, 0.29) is 0 Å². The van der Waals surface area contributed by atoms with Gasteiger partial charge in [0.05, 0.1) is 0 Å². The Morgan fingerprint density at radius 3 is 1.82 bits per heavy atom. The SMILES string of the molecule is c1ccc(-c2nc(-c3cc4ccccc4c4ccccc34)nc(-c3cccc4ccc5nc(-c6ccccc6)oc5c34)n2)cc1. The summed E-state index contributed by atoms with van der Waals surface area (Å²) in [6.07, 6.45) is 0. The van der Waals surface area contributed by atoms with Crippen LogP contribution in [0.2, 0.25) is 0 Å². The smallest absolute Gasteiger partial charge is 0.227 e. The molecule has 2 aromatic heterocycles. The molecule has 0 saturated carbocycles. The van der Waals surface area contributed by atoms with Gasteiger partial charge in [0.15, 0.2) is 23.1 Å². The van der Waals surface area contributed by atoms with Crippen molar-refractivity contribution in [1.82, 2.24) is 19.9 Å². The maximum Gasteiger partial charge on any atom is 0.227 e. The van der Waals surface area contributed by atoms with Crippen LogP contribution in [0.3, 0.4) is 0 Å². The zero-order valence-corrected chi connectivity index (χ0v) is 24.1. The quantitative estimate of drug-likeness (QED) is 0.195. The minimum atomic E-state index is 0.576. The zero-order chi connectivity index (χ0) is 29.7. The van der Waals surface area contributed by atoms with Crippen LogP contribution in [-0.2, 0) is 0 Å². The van der Waals surface area contributed by atoms with Crippen molar-refractivity contribution in [3.63, 3.8) is 0 Å². The number of hydrogen-bond acceptors (Lipinski definition) is 5. The van der Waals surface area contributed by atoms with Crippen LogP contribution < -0.4 is 0 Å². The highest BCUT2D eigenvalue weighted by molar-refractivity contribution is 6.14. The van der Waals surface area contributed by atoms with Gasteiger partial charge in [0, 0.05) is 27.6 Å². The molecule has 0 spiro atoms. The van der Waals surface area contributed by atoms with Crippen molar-refractivity contribution in [2.24, 2.45) is 0 Å². The van der Waals surface area contributed by atoms with E-state index in [0.717, 1.165) is 54.7 Å². The van der Waals surface area contributed by atoms with Crippen molar-refractivity contribution in [2.75, 3.05) is 0 Å². The molecule has 5 nitrogen and oxygen atoms in total. The van der Waals surface area contributed by atoms with Crippen molar-refractivity contribution >= 4 is 43.4 Å². The molecule has 9 rings (SSSR count). The molecule has 7 aromatic carbocycles. The van der Waals surface area contributed by atoms with Crippen LogP contribution in [0.25, 0.3) is 89.0 Å². The van der Waals surface area contributed by atoms with E-state index in [4.69, 9.17) is 24.4 Å². The molecule has 0 bridgehead atoms. The number of fused-ring (bicyclic) bond motifs is 6. The van der Waals surface area contributed by atoms with Gasteiger partial charge in [-0.2, -0.15) is 0 Å². The summed E-state index contributed by atoms with van der Waals surface area (Å²) >= 11 is 0. The number of benzene rings is 7. The summed E-state index contributed by atoms with van der Waals surface area (Å²) in [7, 11) is 0. The van der Waals surface area contributed by atoms with Crippen molar-refractivity contribution in [3.05, 3.63) is 146 Å². The summed E-state index contributed by atoms with van der Waals surface area (Å²) in [5, 5.41) is 6.53. The van der Waals surface area contributed by atoms with E-state index in [0.29, 0.717) is 28.9 Å². The first-order chi connectivity index (χ1) is 22.3. The van der Waals surface area contributed by atoms with Crippen LogP contribution in [0, 0.1) is 0 Å². The lowest BCUT2D eigenvalue weighted by atomic mass is 9.96. The molecule has 5 heteroatoms. The first-order valence-electron chi connectivity index (χ1n) is 14.9. The van der Waals surface area contributed by atoms with E-state index in [9.17, 15) is 0 Å². The molecule has 0 amide bonds. The first-order valence-corrected chi connectivity index (χ1v) is 14.9. The largest absolute Gasteiger partial charge is 0.435 e. The zero-order valence-electron chi connectivity index (χ0n) is 24.1. The second kappa shape index (κ2) is 10.2. The fourth-order valence-corrected chi connectivity index (χ4v) is 6.22. The van der Waals surface area contributed by atoms with Crippen molar-refractivity contribution in [1.29, 1.82) is 0 Å². The van der Waals surface area contributed by atoms with Crippen LogP contribution in [0.5, 0.6) is 0 Å². The molecular formula is C40H24N4O. The molecule has 0 saturated heterocycles. The van der Waals surface area contributed by atoms with Crippen LogP contribution in [-0.4, -0.2) is 19.9 Å². The van der Waals surface area contributed by atoms with Crippen LogP contribution in [0.4, 0.5) is 0 Å². The standard InChI is InChI=1S/C40H24N4O/c1-3-12-26(13-4-1)37-42-38(44-39(43-37)33-24-28-16-7-8-18-29(28)30-19-9-10-20-31(30)33)32-21-11-17-25-22-23-34-36(35(25)32)45-40(41-34)27-14-5-2-6-15-27/h1-24H. The molecule has 9 aromatic rings. The number of nitrogens with zero attached hydrogens (tertiary/aromatic N) is 4. The van der Waals surface area contributed by atoms with Crippen LogP contribution in [0.1, 0.15) is 0 Å². The highest BCUT2D eigenvalue weighted by Crippen LogP contribution is 2.38. The van der Waals surface area contributed by atoms with Gasteiger partial charge < -0.3 is 4.42 Å². The lowest BCUT2D eigenvalue weighted by Crippen LogP contribution is -2.01. The Kier molecular flexibility index (Phi) is 5.74. The lowest BCUT2D eigenvalue weighted by Gasteiger charge is -2.13. The summed E-state index contributed by atoms with van der Waals surface area (Å²) in [6, 6.07) is 49.4. The average Bonchev–Trinajstić information content (AvgIpc) is 3.57. The fourth-order valence-electron chi connectivity index (χ4n) is 6.22. The normalized spacial score (nSPS) is 11.6. The van der Waals surface area contributed by atoms with Gasteiger partial charge in [0.2, 0.25) is 5.89 Å². The molecule has 0 aliphatic carbocycles. The molecule has 0 N–H and O–H groups in total. The van der Waals surface area contributed by atoms with Crippen molar-refractivity contribution < 1.29 is 4.42 Å². The average molecular weight is 577 g/mol. The van der Waals surface area contributed by atoms with Crippen LogP contribution >= 0.6 is 0 Å². The third-order valence-electron chi connectivity index (χ3n) is 8.34. The summed E-state index contributed by atoms with van der Waals surface area (Å²) in [6.45, 7) is 0. The molecule has 45 heavy (non-hydrogen) atoms. The van der Waals surface area contributed by atoms with E-state index in [1.807, 2.05) is 72.8 Å². The van der Waals surface area contributed by atoms with Gasteiger partial charge in [-0.25, -0.2) is 19.9 Å². The lowest BCUT2D eigenvalue weighted by molar-refractivity contribution is 0.623. The third kappa shape index (κ3) is 4.25. The van der Waals surface area contributed by atoms with Crippen LogP contribution in [0.15, 0.2) is 150 Å². The molecule has 2 heterocycles. The van der Waals surface area contributed by atoms with E-state index >= 15 is 0 Å². The number of aromatic nitrogens is 4. The van der Waals surface area contributed by atoms with E-state index in [1.54, 1.807) is 0 Å². The van der Waals surface area contributed by atoms with Gasteiger partial charge in [-0.3, -0.25) is 0 Å². The minimum Gasteiger partial charge on any atom is -0.435 e. The molecule has 0 fully saturated rings. The second-order valence-corrected chi connectivity index (χ2v) is 11.1. The summed E-state index contributed by atoms with van der Waals surface area (Å²) < 4.78 is 6.48. The Labute approximate surface area is 258 Å². The Hall–Kier alpha value is -6.20. The van der Waals surface area contributed by atoms with Gasteiger partial charge in [-0.1, -0.05) is 121 Å². The summed E-state index contributed by atoms with van der Waals surface area (Å²) in [4.78, 5) is 20.2. The maximum absolute atomic E-state index is 6.48. The fraction of sp³-hybridized carbons (Fsp3) is 0. The number of oxazole rings is 1. The minimum absolute atomic E-state index is 0.576. The highest BCUT2D eigenvalue weighted by atomic mass is 16.3. The van der Waals surface area contributed by atoms with Gasteiger partial charge >= 0.3 is 0 Å². The van der Waals surface area contributed by atoms with Gasteiger partial charge in [-0.05, 0) is 51.2 Å². The topological polar surface area (TPSA) is 64.7 Å². The Balaban J connectivity index is 1.34. The number of hydrogen-bond donors (Lipinski definition) is 0. The van der Waals surface area contributed by atoms with Gasteiger partial charge in [0.25, 0.3) is 0 Å². The molecule has 0 atom stereocenters. The molecule has 0 radical (unpaired) electrons. The Morgan fingerprint density at radius 1 is 0.400 bits per heavy atom. The van der Waals surface area contributed by atoms with Crippen molar-refractivity contribution in [3.8, 4) is 45.6 Å². The van der Waals surface area contributed by atoms with E-state index in [2.05, 4.69) is 72.8 Å². The Morgan fingerprint density at radius 2 is 1.02 bits per heavy atom.